The highest BCUT2D eigenvalue weighted by molar-refractivity contribution is 5.70. The summed E-state index contributed by atoms with van der Waals surface area (Å²) < 4.78 is 39.8. The number of methoxy groups -OCH3 is 2. The van der Waals surface area contributed by atoms with E-state index in [0.717, 1.165) is 12.0 Å². The van der Waals surface area contributed by atoms with Gasteiger partial charge >= 0.3 is 6.61 Å². The van der Waals surface area contributed by atoms with Gasteiger partial charge in [-0.1, -0.05) is 25.6 Å². The number of aromatic nitrogens is 4. The van der Waals surface area contributed by atoms with Crippen molar-refractivity contribution in [3.63, 3.8) is 0 Å². The molecule has 3 rings (SSSR count). The largest absolute Gasteiger partial charge is 0.493 e. The zero-order chi connectivity index (χ0) is 24.9. The van der Waals surface area contributed by atoms with E-state index in [0.29, 0.717) is 35.4 Å². The number of carbonyl (C=O) groups is 1. The molecule has 2 aromatic heterocycles. The van der Waals surface area contributed by atoms with Gasteiger partial charge in [0, 0.05) is 18.5 Å². The maximum Gasteiger partial charge on any atom is 0.387 e. The van der Waals surface area contributed by atoms with Crippen LogP contribution in [0.3, 0.4) is 0 Å². The number of nitrogens with zero attached hydrogens (tertiary/aromatic N) is 4. The minimum atomic E-state index is -2.82. The van der Waals surface area contributed by atoms with Gasteiger partial charge in [-0.3, -0.25) is 4.79 Å². The second kappa shape index (κ2) is 13.3. The van der Waals surface area contributed by atoms with Crippen molar-refractivity contribution in [2.45, 2.75) is 20.0 Å². The Morgan fingerprint density at radius 2 is 2.03 bits per heavy atom. The number of nitrogens with one attached hydrogen (secondary N) is 1. The summed E-state index contributed by atoms with van der Waals surface area (Å²) in [4.78, 5) is 19.1. The lowest BCUT2D eigenvalue weighted by molar-refractivity contribution is -0.105. The van der Waals surface area contributed by atoms with Crippen molar-refractivity contribution in [2.75, 3.05) is 19.5 Å². The first-order valence-electron chi connectivity index (χ1n) is 10.0. The normalized spacial score (nSPS) is 10.7. The number of ether oxygens (including phenoxy) is 3. The minimum Gasteiger partial charge on any atom is -0.493 e. The van der Waals surface area contributed by atoms with Gasteiger partial charge in [-0.05, 0) is 36.3 Å². The Balaban J connectivity index is 0.000000257. The molecule has 0 spiro atoms. The van der Waals surface area contributed by atoms with Crippen molar-refractivity contribution >= 4 is 18.0 Å². The Labute approximate surface area is 195 Å². The van der Waals surface area contributed by atoms with E-state index >= 15 is 0 Å². The molecule has 1 amide bonds. The van der Waals surface area contributed by atoms with Crippen molar-refractivity contribution in [3.8, 4) is 17.3 Å². The van der Waals surface area contributed by atoms with Crippen LogP contribution in [0.4, 0.5) is 14.6 Å². The first kappa shape index (κ1) is 26.0. The van der Waals surface area contributed by atoms with E-state index in [2.05, 4.69) is 31.7 Å². The number of amides is 1. The summed E-state index contributed by atoms with van der Waals surface area (Å²) >= 11 is 0. The van der Waals surface area contributed by atoms with Crippen LogP contribution in [0.15, 0.2) is 61.5 Å². The Kier molecular flexibility index (Phi) is 10.2. The van der Waals surface area contributed by atoms with Crippen molar-refractivity contribution in [2.24, 2.45) is 0 Å². The van der Waals surface area contributed by atoms with Crippen LogP contribution in [0.5, 0.6) is 11.5 Å². The Hall–Kier alpha value is -4.28. The topological polar surface area (TPSA) is 100 Å². The summed E-state index contributed by atoms with van der Waals surface area (Å²) in [5.74, 6) is 2.02. The highest BCUT2D eigenvalue weighted by Gasteiger charge is 2.11. The molecule has 0 fully saturated rings. The van der Waals surface area contributed by atoms with Gasteiger partial charge in [-0.2, -0.15) is 13.9 Å². The third-order valence-electron chi connectivity index (χ3n) is 4.22. The van der Waals surface area contributed by atoms with Crippen LogP contribution >= 0.6 is 0 Å². The molecule has 0 bridgehead atoms. The first-order chi connectivity index (χ1) is 16.4. The SMILES string of the molecule is C=C/C=C(\OC)c1nc(NC=O)cc(-n2cccn2)n1.CCc1ccc(OC(F)F)c(OC)c1. The van der Waals surface area contributed by atoms with Crippen LogP contribution < -0.4 is 14.8 Å². The van der Waals surface area contributed by atoms with Gasteiger partial charge in [0.05, 0.1) is 14.2 Å². The van der Waals surface area contributed by atoms with Crippen molar-refractivity contribution < 1.29 is 27.8 Å². The van der Waals surface area contributed by atoms with Gasteiger partial charge in [0.2, 0.25) is 6.41 Å². The number of allylic oxidation sites excluding steroid dienone is 2. The molecule has 11 heteroatoms. The summed E-state index contributed by atoms with van der Waals surface area (Å²) in [5, 5.41) is 6.58. The summed E-state index contributed by atoms with van der Waals surface area (Å²) in [6.45, 7) is 2.76. The molecule has 1 aromatic carbocycles. The van der Waals surface area contributed by atoms with Crippen LogP contribution in [0, 0.1) is 0 Å². The molecule has 0 radical (unpaired) electrons. The average Bonchev–Trinajstić information content (AvgIpc) is 3.38. The van der Waals surface area contributed by atoms with E-state index in [4.69, 9.17) is 9.47 Å². The van der Waals surface area contributed by atoms with Crippen molar-refractivity contribution in [1.29, 1.82) is 0 Å². The van der Waals surface area contributed by atoms with E-state index in [1.54, 1.807) is 53.5 Å². The third kappa shape index (κ3) is 7.40. The minimum absolute atomic E-state index is 0.0692. The van der Waals surface area contributed by atoms with Crippen LogP contribution in [-0.2, 0) is 16.0 Å². The van der Waals surface area contributed by atoms with E-state index in [1.807, 2.05) is 6.92 Å². The van der Waals surface area contributed by atoms with Crippen LogP contribution in [0.1, 0.15) is 18.3 Å². The lowest BCUT2D eigenvalue weighted by Crippen LogP contribution is -2.07. The quantitative estimate of drug-likeness (QED) is 0.267. The fourth-order valence-corrected chi connectivity index (χ4v) is 2.67. The molecule has 3 aromatic rings. The molecule has 9 nitrogen and oxygen atoms in total. The zero-order valence-electron chi connectivity index (χ0n) is 18.9. The average molecular weight is 473 g/mol. The highest BCUT2D eigenvalue weighted by atomic mass is 19.3. The smallest absolute Gasteiger partial charge is 0.387 e. The molecule has 2 heterocycles. The molecule has 0 atom stereocenters. The number of benzene rings is 1. The maximum atomic E-state index is 11.9. The summed E-state index contributed by atoms with van der Waals surface area (Å²) in [7, 11) is 2.93. The number of aryl methyl sites for hydroxylation is 1. The summed E-state index contributed by atoms with van der Waals surface area (Å²) in [5.41, 5.74) is 1.02. The summed E-state index contributed by atoms with van der Waals surface area (Å²) in [6, 6.07) is 8.29. The Morgan fingerprint density at radius 1 is 1.24 bits per heavy atom. The van der Waals surface area contributed by atoms with Gasteiger partial charge in [-0.25, -0.2) is 14.6 Å². The predicted molar refractivity (Wildman–Crippen MR) is 123 cm³/mol. The molecule has 0 saturated carbocycles. The molecule has 1 N–H and O–H groups in total. The molecule has 0 saturated heterocycles. The van der Waals surface area contributed by atoms with Crippen LogP contribution in [0.25, 0.3) is 11.6 Å². The number of hydrogen-bond donors (Lipinski definition) is 1. The van der Waals surface area contributed by atoms with Crippen molar-refractivity contribution in [3.05, 3.63) is 72.8 Å². The monoisotopic (exact) mass is 473 g/mol. The number of rotatable bonds is 10. The maximum absolute atomic E-state index is 11.9. The van der Waals surface area contributed by atoms with Gasteiger partial charge in [-0.15, -0.1) is 0 Å². The van der Waals surface area contributed by atoms with E-state index in [9.17, 15) is 13.6 Å². The van der Waals surface area contributed by atoms with Gasteiger partial charge < -0.3 is 19.5 Å². The second-order valence-electron chi connectivity index (χ2n) is 6.34. The third-order valence-corrected chi connectivity index (χ3v) is 4.22. The van der Waals surface area contributed by atoms with Gasteiger partial charge in [0.15, 0.2) is 28.9 Å². The fourth-order valence-electron chi connectivity index (χ4n) is 2.67. The van der Waals surface area contributed by atoms with Crippen LogP contribution in [0.2, 0.25) is 0 Å². The number of halogens is 2. The number of alkyl halides is 2. The van der Waals surface area contributed by atoms with E-state index < -0.39 is 6.61 Å². The van der Waals surface area contributed by atoms with Gasteiger partial charge in [0.1, 0.15) is 5.82 Å². The van der Waals surface area contributed by atoms with Gasteiger partial charge in [0.25, 0.3) is 0 Å². The first-order valence-corrected chi connectivity index (χ1v) is 10.0. The van der Waals surface area contributed by atoms with E-state index in [1.165, 1.54) is 20.3 Å². The lowest BCUT2D eigenvalue weighted by atomic mass is 10.1. The Bertz CT molecular complexity index is 1100. The van der Waals surface area contributed by atoms with E-state index in [-0.39, 0.29) is 5.75 Å². The number of hydrogen-bond acceptors (Lipinski definition) is 7. The molecule has 0 aliphatic carbocycles. The summed E-state index contributed by atoms with van der Waals surface area (Å²) in [6.07, 6.45) is 7.93. The Morgan fingerprint density at radius 3 is 2.59 bits per heavy atom. The molecule has 0 unspecified atom stereocenters. The standard InChI is InChI=1S/C13H13N5O2.C10H12F2O2/c1-3-5-10(20-2)13-16-11(14-9-19)8-12(17-13)18-7-4-6-15-18;1-3-7-4-5-8(14-10(11)12)9(6-7)13-2/h3-9H,1H2,2H3,(H,14,16,17,19);4-6,10H,3H2,1-2H3/b10-5-;. The highest BCUT2D eigenvalue weighted by Crippen LogP contribution is 2.29. The lowest BCUT2D eigenvalue weighted by Gasteiger charge is -2.10. The molecule has 0 aliphatic rings. The number of carbonyl (C=O) groups excluding carboxylic acids is 1. The molecule has 0 aliphatic heterocycles. The molecule has 180 valence electrons. The molecule has 34 heavy (non-hydrogen) atoms. The molecular formula is C23H25F2N5O4. The van der Waals surface area contributed by atoms with Crippen LogP contribution in [-0.4, -0.2) is 47.0 Å². The number of anilines is 1. The second-order valence-corrected chi connectivity index (χ2v) is 6.34. The fraction of sp³-hybridized carbons (Fsp3) is 0.217. The predicted octanol–water partition coefficient (Wildman–Crippen LogP) is 4.26. The van der Waals surface area contributed by atoms with Crippen molar-refractivity contribution in [1.82, 2.24) is 19.7 Å². The zero-order valence-corrected chi connectivity index (χ0v) is 18.9. The molecular weight excluding hydrogens is 448 g/mol.